The number of aliphatic imine (C=N–C) groups is 1. The molecule has 0 unspecified atom stereocenters. The Morgan fingerprint density at radius 1 is 1.11 bits per heavy atom. The van der Waals surface area contributed by atoms with Crippen molar-refractivity contribution in [1.82, 2.24) is 10.2 Å². The van der Waals surface area contributed by atoms with Gasteiger partial charge in [0.05, 0.1) is 30.3 Å². The molecule has 0 radical (unpaired) electrons. The minimum Gasteiger partial charge on any atom is -0.463 e. The lowest BCUT2D eigenvalue weighted by Gasteiger charge is -2.36. The molecule has 0 bridgehead atoms. The van der Waals surface area contributed by atoms with Gasteiger partial charge in [-0.15, -0.1) is 0 Å². The molecule has 180 valence electrons. The Morgan fingerprint density at radius 3 is 2.63 bits per heavy atom. The molecule has 1 amide bonds. The van der Waals surface area contributed by atoms with Crippen LogP contribution in [0.3, 0.4) is 0 Å². The van der Waals surface area contributed by atoms with E-state index in [1.807, 2.05) is 71.8 Å². The molecule has 0 saturated heterocycles. The Balaban J connectivity index is 1.51. The van der Waals surface area contributed by atoms with Gasteiger partial charge in [0.2, 0.25) is 5.91 Å². The van der Waals surface area contributed by atoms with Crippen LogP contribution in [0, 0.1) is 0 Å². The highest BCUT2D eigenvalue weighted by Crippen LogP contribution is 2.45. The number of rotatable bonds is 8. The predicted octanol–water partition coefficient (Wildman–Crippen LogP) is 5.29. The molecule has 0 spiro atoms. The van der Waals surface area contributed by atoms with Gasteiger partial charge in [-0.25, -0.2) is 9.79 Å². The van der Waals surface area contributed by atoms with Crippen molar-refractivity contribution in [3.05, 3.63) is 82.5 Å². The first-order valence-electron chi connectivity index (χ1n) is 11.8. The number of benzene rings is 2. The highest BCUT2D eigenvalue weighted by molar-refractivity contribution is 8.16. The summed E-state index contributed by atoms with van der Waals surface area (Å²) < 4.78 is 11.5. The lowest BCUT2D eigenvalue weighted by molar-refractivity contribution is -0.139. The normalized spacial score (nSPS) is 19.0. The first kappa shape index (κ1) is 23.2. The number of allylic oxidation sites excluding steroid dienone is 1. The number of ether oxygens (including phenoxy) is 2. The van der Waals surface area contributed by atoms with Crippen LogP contribution in [-0.2, 0) is 14.3 Å². The molecule has 35 heavy (non-hydrogen) atoms. The summed E-state index contributed by atoms with van der Waals surface area (Å²) in [5.74, 6) is 0.944. The van der Waals surface area contributed by atoms with Crippen LogP contribution in [-0.4, -0.2) is 34.6 Å². The third kappa shape index (κ3) is 5.12. The zero-order valence-electron chi connectivity index (χ0n) is 19.7. The minimum absolute atomic E-state index is 0.0236. The molecule has 2 aliphatic heterocycles. The number of carbonyl (C=O) groups is 2. The monoisotopic (exact) mass is 489 g/mol. The van der Waals surface area contributed by atoms with Crippen LogP contribution in [0.2, 0.25) is 0 Å². The predicted molar refractivity (Wildman–Crippen MR) is 136 cm³/mol. The molecular weight excluding hydrogens is 462 g/mol. The molecule has 3 aliphatic rings. The second kappa shape index (κ2) is 10.00. The van der Waals surface area contributed by atoms with E-state index in [0.29, 0.717) is 17.0 Å². The van der Waals surface area contributed by atoms with E-state index in [4.69, 9.17) is 14.5 Å². The van der Waals surface area contributed by atoms with Crippen molar-refractivity contribution >= 4 is 28.8 Å². The Kier molecular flexibility index (Phi) is 6.63. The van der Waals surface area contributed by atoms with E-state index in [2.05, 4.69) is 5.32 Å². The van der Waals surface area contributed by atoms with E-state index in [-0.39, 0.29) is 25.0 Å². The largest absolute Gasteiger partial charge is 0.463 e. The number of amidine groups is 1. The maximum atomic E-state index is 13.1. The minimum atomic E-state index is -0.490. The fourth-order valence-corrected chi connectivity index (χ4v) is 5.16. The Bertz CT molecular complexity index is 1230. The van der Waals surface area contributed by atoms with Gasteiger partial charge >= 0.3 is 5.97 Å². The zero-order valence-corrected chi connectivity index (χ0v) is 20.5. The summed E-state index contributed by atoms with van der Waals surface area (Å²) in [7, 11) is 0. The number of amides is 1. The maximum absolute atomic E-state index is 13.1. The first-order chi connectivity index (χ1) is 17.0. The second-order valence-corrected chi connectivity index (χ2v) is 9.46. The molecule has 1 N–H and O–H groups in total. The fourth-order valence-electron chi connectivity index (χ4n) is 4.20. The molecule has 2 aromatic rings. The van der Waals surface area contributed by atoms with E-state index in [9.17, 15) is 9.59 Å². The number of hydrogen-bond donors (Lipinski definition) is 1. The fraction of sp³-hybridized carbons (Fsp3) is 0.296. The first-order valence-corrected chi connectivity index (χ1v) is 12.6. The molecular formula is C27H27N3O4S. The molecule has 1 aliphatic carbocycles. The quantitative estimate of drug-likeness (QED) is 0.508. The van der Waals surface area contributed by atoms with Crippen LogP contribution in [0.1, 0.15) is 44.7 Å². The molecule has 7 nitrogen and oxygen atoms in total. The summed E-state index contributed by atoms with van der Waals surface area (Å²) in [5, 5.41) is 5.74. The van der Waals surface area contributed by atoms with E-state index >= 15 is 0 Å². The zero-order chi connectivity index (χ0) is 24.4. The summed E-state index contributed by atoms with van der Waals surface area (Å²) >= 11 is 1.46. The maximum Gasteiger partial charge on any atom is 0.338 e. The van der Waals surface area contributed by atoms with E-state index < -0.39 is 12.0 Å². The number of nitrogens with one attached hydrogen (secondary N) is 1. The lowest BCUT2D eigenvalue weighted by atomic mass is 9.93. The van der Waals surface area contributed by atoms with E-state index in [0.717, 1.165) is 35.0 Å². The number of esters is 1. The molecule has 2 aromatic carbocycles. The van der Waals surface area contributed by atoms with Crippen molar-refractivity contribution in [2.75, 3.05) is 6.61 Å². The van der Waals surface area contributed by atoms with Gasteiger partial charge in [0.25, 0.3) is 0 Å². The average Bonchev–Trinajstić information content (AvgIpc) is 3.58. The molecule has 1 saturated carbocycles. The van der Waals surface area contributed by atoms with Gasteiger partial charge in [-0.3, -0.25) is 4.79 Å². The van der Waals surface area contributed by atoms with Gasteiger partial charge in [0.15, 0.2) is 5.17 Å². The number of fused-ring (bicyclic) bond motifs is 1. The van der Waals surface area contributed by atoms with Crippen molar-refractivity contribution < 1.29 is 19.1 Å². The lowest BCUT2D eigenvalue weighted by Crippen LogP contribution is -2.38. The van der Waals surface area contributed by atoms with Crippen molar-refractivity contribution in [1.29, 1.82) is 0 Å². The molecule has 0 aromatic heterocycles. The highest BCUT2D eigenvalue weighted by Gasteiger charge is 2.41. The number of thioether (sulfide) groups is 1. The van der Waals surface area contributed by atoms with Crippen LogP contribution >= 0.6 is 11.8 Å². The van der Waals surface area contributed by atoms with Crippen molar-refractivity contribution in [3.8, 4) is 11.5 Å². The van der Waals surface area contributed by atoms with Crippen LogP contribution in [0.5, 0.6) is 11.5 Å². The third-order valence-electron chi connectivity index (χ3n) is 5.93. The number of nitrogens with zero attached hydrogens (tertiary/aromatic N) is 2. The van der Waals surface area contributed by atoms with Crippen LogP contribution < -0.4 is 10.1 Å². The third-order valence-corrected chi connectivity index (χ3v) is 6.82. The van der Waals surface area contributed by atoms with Crippen LogP contribution in [0.15, 0.2) is 82.0 Å². The van der Waals surface area contributed by atoms with Gasteiger partial charge < -0.3 is 19.7 Å². The van der Waals surface area contributed by atoms with Crippen LogP contribution in [0.4, 0.5) is 0 Å². The molecule has 8 heteroatoms. The average molecular weight is 490 g/mol. The second-order valence-electron chi connectivity index (χ2n) is 8.62. The summed E-state index contributed by atoms with van der Waals surface area (Å²) in [4.78, 5) is 32.5. The number of hydrogen-bond acceptors (Lipinski definition) is 7. The highest BCUT2D eigenvalue weighted by atomic mass is 32.2. The van der Waals surface area contributed by atoms with E-state index in [1.54, 1.807) is 6.92 Å². The van der Waals surface area contributed by atoms with Crippen molar-refractivity contribution in [2.24, 2.45) is 4.99 Å². The van der Waals surface area contributed by atoms with Gasteiger partial charge in [-0.2, -0.15) is 0 Å². The smallest absolute Gasteiger partial charge is 0.338 e. The Hall–Kier alpha value is -3.52. The van der Waals surface area contributed by atoms with Crippen LogP contribution in [0.25, 0.3) is 0 Å². The van der Waals surface area contributed by atoms with Gasteiger partial charge in [-0.05, 0) is 61.9 Å². The molecule has 2 heterocycles. The number of para-hydroxylation sites is 1. The summed E-state index contributed by atoms with van der Waals surface area (Å²) in [6.07, 6.45) is 2.28. The standard InChI is InChI=1S/C27H27N3O4S/c1-3-33-26(32)24-17(2)28-27-30(20(16-35-27)15-23(31)29-19-12-13-19)25(24)18-8-7-11-22(14-18)34-21-9-5-4-6-10-21/h4-11,14,16,19,25H,3,12-13,15H2,1-2H3,(H,29,31)/t25-/m0/s1. The van der Waals surface area contributed by atoms with E-state index in [1.165, 1.54) is 11.8 Å². The molecule has 5 rings (SSSR count). The molecule has 1 atom stereocenters. The SMILES string of the molecule is CCOC(=O)C1=C(C)N=C2SC=C(CC(=O)NC3CC3)N2[C@H]1c1cccc(Oc2ccccc2)c1. The van der Waals surface area contributed by atoms with Crippen molar-refractivity contribution in [2.45, 2.75) is 45.2 Å². The Morgan fingerprint density at radius 2 is 1.89 bits per heavy atom. The van der Waals surface area contributed by atoms with Crippen molar-refractivity contribution in [3.63, 3.8) is 0 Å². The summed E-state index contributed by atoms with van der Waals surface area (Å²) in [5.41, 5.74) is 2.73. The summed E-state index contributed by atoms with van der Waals surface area (Å²) in [6.45, 7) is 3.87. The Labute approximate surface area is 208 Å². The van der Waals surface area contributed by atoms with Gasteiger partial charge in [-0.1, -0.05) is 42.1 Å². The summed E-state index contributed by atoms with van der Waals surface area (Å²) in [6, 6.07) is 17.0. The van der Waals surface area contributed by atoms with Gasteiger partial charge in [0.1, 0.15) is 11.5 Å². The topological polar surface area (TPSA) is 80.2 Å². The number of carbonyl (C=O) groups excluding carboxylic acids is 2. The van der Waals surface area contributed by atoms with Gasteiger partial charge in [0, 0.05) is 11.7 Å². The molecule has 1 fully saturated rings.